The molecule has 4 nitrogen and oxygen atoms in total. The summed E-state index contributed by atoms with van der Waals surface area (Å²) in [7, 11) is 3.20. The van der Waals surface area contributed by atoms with Crippen molar-refractivity contribution in [1.82, 2.24) is 4.90 Å². The van der Waals surface area contributed by atoms with Crippen LogP contribution in [-0.4, -0.2) is 30.5 Å². The molecule has 0 spiro atoms. The Hall–Kier alpha value is -2.11. The summed E-state index contributed by atoms with van der Waals surface area (Å²) in [6.07, 6.45) is -2.66. The summed E-state index contributed by atoms with van der Waals surface area (Å²) in [4.78, 5) is 6.53. The molecule has 0 unspecified atom stereocenters. The Kier molecular flexibility index (Phi) is 11.0. The van der Waals surface area contributed by atoms with Gasteiger partial charge in [-0.05, 0) is 59.8 Å². The van der Waals surface area contributed by atoms with Gasteiger partial charge in [-0.15, -0.1) is 24.0 Å². The van der Waals surface area contributed by atoms with E-state index in [9.17, 15) is 13.2 Å². The normalized spacial score (nSPS) is 11.6. The lowest BCUT2D eigenvalue weighted by Gasteiger charge is -2.26. The minimum absolute atomic E-state index is 0. The Labute approximate surface area is 229 Å². The zero-order valence-corrected chi connectivity index (χ0v) is 23.2. The van der Waals surface area contributed by atoms with E-state index >= 15 is 0 Å². The Bertz CT molecular complexity index is 1080. The number of hydrogen-bond acceptors (Lipinski definition) is 4. The van der Waals surface area contributed by atoms with Crippen LogP contribution in [-0.2, 0) is 19.3 Å². The van der Waals surface area contributed by atoms with Crippen molar-refractivity contribution in [3.63, 3.8) is 0 Å². The Morgan fingerprint density at radius 2 is 1.37 bits per heavy atom. The highest BCUT2D eigenvalue weighted by Gasteiger charge is 2.31. The lowest BCUT2D eigenvalue weighted by atomic mass is 10.1. The van der Waals surface area contributed by atoms with E-state index in [0.717, 1.165) is 34.8 Å². The molecule has 0 aromatic heterocycles. The third-order valence-electron chi connectivity index (χ3n) is 5.01. The number of alkyl halides is 3. The number of nitrogens with zero attached hydrogens (tertiary/aromatic N) is 2. The number of ether oxygens (including phenoxy) is 2. The number of aliphatic imine (C=N–C) groups is 1. The molecule has 0 saturated heterocycles. The molecule has 0 saturated carbocycles. The zero-order chi connectivity index (χ0) is 24.7. The first-order valence-corrected chi connectivity index (χ1v) is 11.8. The molecular formula is C25H25ClF3IN2O2S. The molecule has 10 heteroatoms. The minimum Gasteiger partial charge on any atom is -0.497 e. The molecule has 35 heavy (non-hydrogen) atoms. The first kappa shape index (κ1) is 29.1. The summed E-state index contributed by atoms with van der Waals surface area (Å²) in [6, 6.07) is 18.3. The predicted octanol–water partition coefficient (Wildman–Crippen LogP) is 8.05. The van der Waals surface area contributed by atoms with E-state index in [1.165, 1.54) is 17.8 Å². The van der Waals surface area contributed by atoms with Crippen LogP contribution in [0.25, 0.3) is 0 Å². The molecule has 0 N–H and O–H groups in total. The van der Waals surface area contributed by atoms with Gasteiger partial charge < -0.3 is 14.4 Å². The van der Waals surface area contributed by atoms with Gasteiger partial charge in [-0.2, -0.15) is 13.2 Å². The van der Waals surface area contributed by atoms with Crippen molar-refractivity contribution >= 4 is 58.2 Å². The number of halogens is 5. The summed E-state index contributed by atoms with van der Waals surface area (Å²) in [5, 5.41) is 0.682. The number of benzene rings is 3. The topological polar surface area (TPSA) is 34.1 Å². The van der Waals surface area contributed by atoms with Gasteiger partial charge in [-0.1, -0.05) is 47.6 Å². The fourth-order valence-electron chi connectivity index (χ4n) is 3.22. The van der Waals surface area contributed by atoms with Crippen LogP contribution in [0, 0.1) is 0 Å². The van der Waals surface area contributed by atoms with Crippen LogP contribution >= 0.6 is 47.3 Å². The second-order valence-corrected chi connectivity index (χ2v) is 8.50. The number of amidine groups is 1. The van der Waals surface area contributed by atoms with E-state index in [1.807, 2.05) is 59.7 Å². The molecular weight excluding hydrogens is 612 g/mol. The summed E-state index contributed by atoms with van der Waals surface area (Å²) in [5.41, 5.74) is 1.25. The van der Waals surface area contributed by atoms with Crippen LogP contribution in [0.1, 0.15) is 16.7 Å². The molecule has 0 aliphatic rings. The second kappa shape index (κ2) is 13.3. The van der Waals surface area contributed by atoms with E-state index in [0.29, 0.717) is 18.3 Å². The summed E-state index contributed by atoms with van der Waals surface area (Å²) >= 11 is 7.54. The minimum atomic E-state index is -4.49. The van der Waals surface area contributed by atoms with Gasteiger partial charge in [0.2, 0.25) is 0 Å². The van der Waals surface area contributed by atoms with Crippen molar-refractivity contribution in [3.05, 3.63) is 88.4 Å². The summed E-state index contributed by atoms with van der Waals surface area (Å²) < 4.78 is 50.2. The van der Waals surface area contributed by atoms with Gasteiger partial charge in [-0.25, -0.2) is 4.99 Å². The van der Waals surface area contributed by atoms with E-state index in [-0.39, 0.29) is 34.7 Å². The highest BCUT2D eigenvalue weighted by molar-refractivity contribution is 14.0. The van der Waals surface area contributed by atoms with Gasteiger partial charge in [-0.3, -0.25) is 0 Å². The van der Waals surface area contributed by atoms with E-state index in [1.54, 1.807) is 14.2 Å². The van der Waals surface area contributed by atoms with Gasteiger partial charge in [0, 0.05) is 13.1 Å². The Balaban J connectivity index is 0.00000432. The average Bonchev–Trinajstić information content (AvgIpc) is 2.83. The highest BCUT2D eigenvalue weighted by Crippen LogP contribution is 2.36. The number of methoxy groups -OCH3 is 2. The molecule has 3 aromatic carbocycles. The van der Waals surface area contributed by atoms with Gasteiger partial charge >= 0.3 is 6.18 Å². The molecule has 0 radical (unpaired) electrons. The summed E-state index contributed by atoms with van der Waals surface area (Å²) in [6.45, 7) is 0.957. The molecule has 0 atom stereocenters. The molecule has 0 bridgehead atoms. The smallest absolute Gasteiger partial charge is 0.416 e. The maximum absolute atomic E-state index is 13.2. The van der Waals surface area contributed by atoms with Crippen LogP contribution in [0.5, 0.6) is 11.5 Å². The van der Waals surface area contributed by atoms with Gasteiger partial charge in [0.1, 0.15) is 11.5 Å². The lowest BCUT2D eigenvalue weighted by Crippen LogP contribution is -2.27. The standard InChI is InChI=1S/C25H24ClF3N2O2S.HI/c1-32-20-9-4-17(5-10-20)15-31(16-18-6-11-21(33-2)12-7-18)24(34-3)30-23-14-19(25(27,28)29)8-13-22(23)26;/h4-14H,15-16H2,1-3H3;1H. The largest absolute Gasteiger partial charge is 0.497 e. The molecule has 3 aromatic rings. The molecule has 0 aliphatic heterocycles. The number of hydrogen-bond donors (Lipinski definition) is 0. The van der Waals surface area contributed by atoms with Crippen LogP contribution in [0.4, 0.5) is 18.9 Å². The maximum Gasteiger partial charge on any atom is 0.416 e. The van der Waals surface area contributed by atoms with Crippen molar-refractivity contribution in [2.24, 2.45) is 4.99 Å². The van der Waals surface area contributed by atoms with Crippen molar-refractivity contribution in [3.8, 4) is 11.5 Å². The molecule has 188 valence electrons. The van der Waals surface area contributed by atoms with E-state index in [4.69, 9.17) is 21.1 Å². The van der Waals surface area contributed by atoms with Crippen LogP contribution in [0.3, 0.4) is 0 Å². The van der Waals surface area contributed by atoms with Crippen molar-refractivity contribution in [1.29, 1.82) is 0 Å². The highest BCUT2D eigenvalue weighted by atomic mass is 127. The van der Waals surface area contributed by atoms with Crippen molar-refractivity contribution in [2.75, 3.05) is 20.5 Å². The van der Waals surface area contributed by atoms with Gasteiger partial charge in [0.25, 0.3) is 0 Å². The van der Waals surface area contributed by atoms with E-state index in [2.05, 4.69) is 4.99 Å². The van der Waals surface area contributed by atoms with E-state index < -0.39 is 11.7 Å². The molecule has 3 rings (SSSR count). The second-order valence-electron chi connectivity index (χ2n) is 7.31. The fourth-order valence-corrected chi connectivity index (χ4v) is 3.95. The molecule has 0 amide bonds. The van der Waals surface area contributed by atoms with Crippen molar-refractivity contribution < 1.29 is 22.6 Å². The van der Waals surface area contributed by atoms with Crippen molar-refractivity contribution in [2.45, 2.75) is 19.3 Å². The third kappa shape index (κ3) is 8.22. The Morgan fingerprint density at radius 3 is 1.77 bits per heavy atom. The Morgan fingerprint density at radius 1 is 0.886 bits per heavy atom. The number of rotatable bonds is 7. The molecule has 0 aliphatic carbocycles. The average molecular weight is 637 g/mol. The summed E-state index contributed by atoms with van der Waals surface area (Å²) in [5.74, 6) is 1.47. The first-order chi connectivity index (χ1) is 16.2. The molecule has 0 fully saturated rings. The SMILES string of the molecule is COc1ccc(CN(Cc2ccc(OC)cc2)C(=Nc2cc(C(F)(F)F)ccc2Cl)SC)cc1.I. The zero-order valence-electron chi connectivity index (χ0n) is 19.3. The quantitative estimate of drug-likeness (QED) is 0.149. The first-order valence-electron chi connectivity index (χ1n) is 10.2. The lowest BCUT2D eigenvalue weighted by molar-refractivity contribution is -0.137. The molecule has 0 heterocycles. The monoisotopic (exact) mass is 636 g/mol. The van der Waals surface area contributed by atoms with Crippen LogP contribution in [0.15, 0.2) is 71.7 Å². The van der Waals surface area contributed by atoms with Crippen LogP contribution < -0.4 is 9.47 Å². The van der Waals surface area contributed by atoms with Gasteiger partial charge in [0.05, 0.1) is 30.5 Å². The van der Waals surface area contributed by atoms with Crippen LogP contribution in [0.2, 0.25) is 5.02 Å². The third-order valence-corrected chi connectivity index (χ3v) is 6.04. The van der Waals surface area contributed by atoms with Gasteiger partial charge in [0.15, 0.2) is 5.17 Å². The predicted molar refractivity (Wildman–Crippen MR) is 148 cm³/mol. The fraction of sp³-hybridized carbons (Fsp3) is 0.240. The maximum atomic E-state index is 13.2. The number of thioether (sulfide) groups is 1.